The van der Waals surface area contributed by atoms with Crippen LogP contribution in [0, 0.1) is 6.92 Å². The third kappa shape index (κ3) is 6.14. The van der Waals surface area contributed by atoms with E-state index in [4.69, 9.17) is 16.3 Å². The van der Waals surface area contributed by atoms with Gasteiger partial charge in [-0.3, -0.25) is 9.69 Å². The number of carbonyl (C=O) groups is 1. The van der Waals surface area contributed by atoms with Gasteiger partial charge < -0.3 is 15.0 Å². The van der Waals surface area contributed by atoms with Crippen LogP contribution in [0.2, 0.25) is 5.02 Å². The Bertz CT molecular complexity index is 1550. The minimum Gasteiger partial charge on any atom is -0.487 e. The summed E-state index contributed by atoms with van der Waals surface area (Å²) in [6.45, 7) is 14.4. The first-order chi connectivity index (χ1) is 19.4. The van der Waals surface area contributed by atoms with Crippen molar-refractivity contribution in [3.05, 3.63) is 87.5 Å². The molecule has 5 rings (SSSR count). The number of amides is 1. The van der Waals surface area contributed by atoms with Crippen LogP contribution in [0.1, 0.15) is 35.4 Å². The molecule has 0 unspecified atom stereocenters. The summed E-state index contributed by atoms with van der Waals surface area (Å²) in [5, 5.41) is 4.96. The molecule has 3 heterocycles. The Morgan fingerprint density at radius 3 is 2.77 bits per heavy atom. The highest BCUT2D eigenvalue weighted by Crippen LogP contribution is 2.39. The van der Waals surface area contributed by atoms with E-state index in [1.165, 1.54) is 11.1 Å². The van der Waals surface area contributed by atoms with E-state index < -0.39 is 0 Å². The summed E-state index contributed by atoms with van der Waals surface area (Å²) >= 11 is 8.20. The second-order valence-corrected chi connectivity index (χ2v) is 11.5. The average Bonchev–Trinajstić information content (AvgIpc) is 3.34. The summed E-state index contributed by atoms with van der Waals surface area (Å²) in [5.41, 5.74) is 4.94. The summed E-state index contributed by atoms with van der Waals surface area (Å²) in [6, 6.07) is 13.9. The number of ether oxygens (including phenoxy) is 1. The highest BCUT2D eigenvalue weighted by Gasteiger charge is 2.27. The number of likely N-dealkylation sites (N-methyl/N-ethyl adjacent to an activating group) is 1. The summed E-state index contributed by atoms with van der Waals surface area (Å²) in [5.74, 6) is 1.39. The number of nitrogens with zero attached hydrogens (tertiary/aromatic N) is 4. The van der Waals surface area contributed by atoms with E-state index in [0.29, 0.717) is 42.6 Å². The standard InChI is InChI=1S/C31H34ClN5O2S/c1-5-36(6-2)16-21(4)31(38)37-13-12-24-27(17-37)40-30-28(24)29(33-19-34-30)35-23-10-11-26(25(32)15-23)39-18-22-9-7-8-20(3)14-22/h7-11,14-15,19H,4-6,12-13,16-18H2,1-3H3,(H,33,34,35). The van der Waals surface area contributed by atoms with Crippen molar-refractivity contribution in [2.24, 2.45) is 0 Å². The highest BCUT2D eigenvalue weighted by molar-refractivity contribution is 7.19. The fraction of sp³-hybridized carbons (Fsp3) is 0.323. The molecule has 208 valence electrons. The SMILES string of the molecule is C=C(CN(CC)CC)C(=O)N1CCc2c(sc3ncnc(Nc4ccc(OCc5cccc(C)c5)c(Cl)c4)c23)C1. The molecule has 1 aliphatic rings. The lowest BCUT2D eigenvalue weighted by Gasteiger charge is -2.29. The molecule has 0 fully saturated rings. The van der Waals surface area contributed by atoms with Crippen LogP contribution in [0.4, 0.5) is 11.5 Å². The van der Waals surface area contributed by atoms with Crippen LogP contribution in [0.15, 0.2) is 60.9 Å². The van der Waals surface area contributed by atoms with Crippen molar-refractivity contribution in [1.82, 2.24) is 19.8 Å². The van der Waals surface area contributed by atoms with Crippen molar-refractivity contribution in [2.75, 3.05) is 31.5 Å². The lowest BCUT2D eigenvalue weighted by atomic mass is 10.0. The van der Waals surface area contributed by atoms with Gasteiger partial charge in [-0.1, -0.05) is 61.9 Å². The van der Waals surface area contributed by atoms with Gasteiger partial charge in [-0.15, -0.1) is 11.3 Å². The lowest BCUT2D eigenvalue weighted by Crippen LogP contribution is -2.39. The maximum Gasteiger partial charge on any atom is 0.250 e. The molecule has 1 N–H and O–H groups in total. The van der Waals surface area contributed by atoms with Crippen molar-refractivity contribution in [3.8, 4) is 5.75 Å². The first kappa shape index (κ1) is 28.1. The number of hydrogen-bond donors (Lipinski definition) is 1. The molecule has 7 nitrogen and oxygen atoms in total. The molecular weight excluding hydrogens is 542 g/mol. The van der Waals surface area contributed by atoms with Gasteiger partial charge in [-0.05, 0) is 55.8 Å². The maximum absolute atomic E-state index is 13.1. The highest BCUT2D eigenvalue weighted by atomic mass is 35.5. The molecule has 9 heteroatoms. The Kier molecular flexibility index (Phi) is 8.69. The molecule has 40 heavy (non-hydrogen) atoms. The summed E-state index contributed by atoms with van der Waals surface area (Å²) in [6.07, 6.45) is 2.32. The van der Waals surface area contributed by atoms with Gasteiger partial charge in [0.15, 0.2) is 0 Å². The quantitative estimate of drug-likeness (QED) is 0.211. The third-order valence-electron chi connectivity index (χ3n) is 7.21. The number of halogens is 1. The van der Waals surface area contributed by atoms with E-state index >= 15 is 0 Å². The van der Waals surface area contributed by atoms with Gasteiger partial charge in [0.1, 0.15) is 29.3 Å². The van der Waals surface area contributed by atoms with E-state index in [2.05, 4.69) is 59.7 Å². The molecule has 2 aromatic carbocycles. The van der Waals surface area contributed by atoms with Crippen LogP contribution in [0.25, 0.3) is 10.2 Å². The number of fused-ring (bicyclic) bond motifs is 3. The summed E-state index contributed by atoms with van der Waals surface area (Å²) in [4.78, 5) is 28.4. The molecule has 0 bridgehead atoms. The van der Waals surface area contributed by atoms with Crippen LogP contribution in [-0.4, -0.2) is 51.9 Å². The zero-order valence-electron chi connectivity index (χ0n) is 23.2. The van der Waals surface area contributed by atoms with Gasteiger partial charge in [-0.2, -0.15) is 0 Å². The van der Waals surface area contributed by atoms with Gasteiger partial charge in [0.2, 0.25) is 0 Å². The molecule has 0 spiro atoms. The number of nitrogens with one attached hydrogen (secondary N) is 1. The smallest absolute Gasteiger partial charge is 0.250 e. The van der Waals surface area contributed by atoms with Crippen LogP contribution >= 0.6 is 22.9 Å². The number of aromatic nitrogens is 2. The number of benzene rings is 2. The Labute approximate surface area is 244 Å². The number of anilines is 2. The van der Waals surface area contributed by atoms with Crippen LogP contribution < -0.4 is 10.1 Å². The molecule has 0 atom stereocenters. The first-order valence-corrected chi connectivity index (χ1v) is 14.7. The zero-order valence-corrected chi connectivity index (χ0v) is 24.7. The predicted octanol–water partition coefficient (Wildman–Crippen LogP) is 6.76. The number of aryl methyl sites for hydroxylation is 1. The Balaban J connectivity index is 1.30. The van der Waals surface area contributed by atoms with E-state index in [0.717, 1.165) is 51.7 Å². The molecule has 0 aliphatic carbocycles. The van der Waals surface area contributed by atoms with E-state index in [-0.39, 0.29) is 5.91 Å². The van der Waals surface area contributed by atoms with Gasteiger partial charge in [-0.25, -0.2) is 9.97 Å². The van der Waals surface area contributed by atoms with Crippen molar-refractivity contribution in [3.63, 3.8) is 0 Å². The molecule has 1 aliphatic heterocycles. The molecule has 2 aromatic heterocycles. The van der Waals surface area contributed by atoms with Crippen LogP contribution in [-0.2, 0) is 24.4 Å². The number of carbonyl (C=O) groups excluding carboxylic acids is 1. The molecule has 1 amide bonds. The molecule has 0 saturated carbocycles. The number of hydrogen-bond acceptors (Lipinski definition) is 7. The Hall–Kier alpha value is -3.46. The fourth-order valence-electron chi connectivity index (χ4n) is 5.00. The minimum absolute atomic E-state index is 0.0267. The average molecular weight is 576 g/mol. The van der Waals surface area contributed by atoms with Gasteiger partial charge in [0.25, 0.3) is 5.91 Å². The van der Waals surface area contributed by atoms with E-state index in [9.17, 15) is 4.79 Å². The van der Waals surface area contributed by atoms with Crippen molar-refractivity contribution in [1.29, 1.82) is 0 Å². The van der Waals surface area contributed by atoms with E-state index in [1.54, 1.807) is 17.7 Å². The zero-order chi connectivity index (χ0) is 28.2. The largest absolute Gasteiger partial charge is 0.487 e. The topological polar surface area (TPSA) is 70.6 Å². The second-order valence-electron chi connectivity index (χ2n) is 10.00. The normalized spacial score (nSPS) is 13.0. The van der Waals surface area contributed by atoms with Gasteiger partial charge >= 0.3 is 0 Å². The predicted molar refractivity (Wildman–Crippen MR) is 164 cm³/mol. The monoisotopic (exact) mass is 575 g/mol. The van der Waals surface area contributed by atoms with Crippen LogP contribution in [0.5, 0.6) is 5.75 Å². The minimum atomic E-state index is 0.0267. The molecule has 4 aromatic rings. The van der Waals surface area contributed by atoms with Crippen LogP contribution in [0.3, 0.4) is 0 Å². The molecule has 0 radical (unpaired) electrons. The maximum atomic E-state index is 13.1. The van der Waals surface area contributed by atoms with Crippen molar-refractivity contribution >= 4 is 50.6 Å². The fourth-order valence-corrected chi connectivity index (χ4v) is 6.44. The van der Waals surface area contributed by atoms with Gasteiger partial charge in [0.05, 0.1) is 17.0 Å². The third-order valence-corrected chi connectivity index (χ3v) is 8.63. The summed E-state index contributed by atoms with van der Waals surface area (Å²) in [7, 11) is 0. The first-order valence-electron chi connectivity index (χ1n) is 13.6. The van der Waals surface area contributed by atoms with E-state index in [1.807, 2.05) is 35.2 Å². The van der Waals surface area contributed by atoms with Crippen molar-refractivity contribution in [2.45, 2.75) is 40.3 Å². The van der Waals surface area contributed by atoms with Crippen molar-refractivity contribution < 1.29 is 9.53 Å². The summed E-state index contributed by atoms with van der Waals surface area (Å²) < 4.78 is 5.97. The number of rotatable bonds is 10. The number of thiophene rings is 1. The molecular formula is C31H34ClN5O2S. The second kappa shape index (κ2) is 12.4. The molecule has 0 saturated heterocycles. The lowest BCUT2D eigenvalue weighted by molar-refractivity contribution is -0.128. The van der Waals surface area contributed by atoms with Gasteiger partial charge in [0, 0.05) is 29.2 Å². The Morgan fingerprint density at radius 1 is 1.20 bits per heavy atom. The Morgan fingerprint density at radius 2 is 2.02 bits per heavy atom.